The zero-order valence-electron chi connectivity index (χ0n) is 12.7. The molecule has 3 fully saturated rings. The van der Waals surface area contributed by atoms with E-state index in [1.165, 1.54) is 38.5 Å². The Morgan fingerprint density at radius 2 is 2.00 bits per heavy atom. The van der Waals surface area contributed by atoms with Crippen LogP contribution in [-0.2, 0) is 0 Å². The van der Waals surface area contributed by atoms with Crippen molar-refractivity contribution in [1.29, 1.82) is 0 Å². The SMILES string of the molecule is C[C@]12CC[C@H]3[C@@H](CC=C4CC(O)CC[C@@H]43)[C@@H]1CCC2N. The van der Waals surface area contributed by atoms with Crippen LogP contribution in [0.3, 0.4) is 0 Å². The third-order valence-electron chi connectivity index (χ3n) is 7.49. The van der Waals surface area contributed by atoms with Gasteiger partial charge in [0, 0.05) is 6.04 Å². The third kappa shape index (κ3) is 1.77. The van der Waals surface area contributed by atoms with Crippen LogP contribution in [0.4, 0.5) is 0 Å². The van der Waals surface area contributed by atoms with E-state index in [-0.39, 0.29) is 6.10 Å². The summed E-state index contributed by atoms with van der Waals surface area (Å²) in [6.45, 7) is 2.47. The van der Waals surface area contributed by atoms with Crippen molar-refractivity contribution in [1.82, 2.24) is 0 Å². The van der Waals surface area contributed by atoms with Gasteiger partial charge in [0.15, 0.2) is 0 Å². The van der Waals surface area contributed by atoms with Crippen LogP contribution in [0, 0.1) is 29.1 Å². The monoisotopic (exact) mass is 275 g/mol. The Bertz CT molecular complexity index is 431. The summed E-state index contributed by atoms with van der Waals surface area (Å²) in [4.78, 5) is 0. The molecule has 4 aliphatic rings. The lowest BCUT2D eigenvalue weighted by Gasteiger charge is -2.53. The molecule has 0 radical (unpaired) electrons. The molecule has 0 heterocycles. The van der Waals surface area contributed by atoms with Gasteiger partial charge in [-0.05, 0) is 80.5 Å². The average molecular weight is 275 g/mol. The van der Waals surface area contributed by atoms with Crippen molar-refractivity contribution in [2.75, 3.05) is 0 Å². The van der Waals surface area contributed by atoms with Gasteiger partial charge in [-0.2, -0.15) is 0 Å². The number of hydrogen-bond donors (Lipinski definition) is 2. The number of aliphatic hydroxyl groups is 1. The highest BCUT2D eigenvalue weighted by atomic mass is 16.3. The van der Waals surface area contributed by atoms with Gasteiger partial charge in [0.05, 0.1) is 6.10 Å². The quantitative estimate of drug-likeness (QED) is 0.667. The van der Waals surface area contributed by atoms with Crippen LogP contribution in [0.25, 0.3) is 0 Å². The second-order valence-electron chi connectivity index (χ2n) is 8.22. The van der Waals surface area contributed by atoms with Gasteiger partial charge < -0.3 is 10.8 Å². The van der Waals surface area contributed by atoms with Gasteiger partial charge in [-0.1, -0.05) is 18.6 Å². The molecular formula is C18H29NO. The molecule has 0 aliphatic heterocycles. The zero-order chi connectivity index (χ0) is 13.9. The molecular weight excluding hydrogens is 246 g/mol. The Morgan fingerprint density at radius 3 is 2.85 bits per heavy atom. The van der Waals surface area contributed by atoms with E-state index >= 15 is 0 Å². The average Bonchev–Trinajstić information content (AvgIpc) is 2.74. The molecule has 0 amide bonds. The van der Waals surface area contributed by atoms with Crippen LogP contribution in [0.2, 0.25) is 0 Å². The van der Waals surface area contributed by atoms with Gasteiger partial charge in [0.1, 0.15) is 0 Å². The first-order chi connectivity index (χ1) is 9.59. The summed E-state index contributed by atoms with van der Waals surface area (Å²) in [5, 5.41) is 9.91. The largest absolute Gasteiger partial charge is 0.393 e. The van der Waals surface area contributed by atoms with Gasteiger partial charge in [0.2, 0.25) is 0 Å². The smallest absolute Gasteiger partial charge is 0.0577 e. The molecule has 112 valence electrons. The second kappa shape index (κ2) is 4.58. The second-order valence-corrected chi connectivity index (χ2v) is 8.22. The van der Waals surface area contributed by atoms with Crippen molar-refractivity contribution in [2.45, 2.75) is 70.4 Å². The molecule has 3 saturated carbocycles. The molecule has 4 rings (SSSR count). The Labute approximate surface area is 122 Å². The predicted octanol–water partition coefficient (Wildman–Crippen LogP) is 3.25. The van der Waals surface area contributed by atoms with Crippen LogP contribution in [0.5, 0.6) is 0 Å². The lowest BCUT2D eigenvalue weighted by Crippen LogP contribution is -2.49. The first kappa shape index (κ1) is 13.3. The Hall–Kier alpha value is -0.340. The van der Waals surface area contributed by atoms with Crippen LogP contribution in [0.1, 0.15) is 58.3 Å². The van der Waals surface area contributed by atoms with Gasteiger partial charge in [-0.25, -0.2) is 0 Å². The zero-order valence-corrected chi connectivity index (χ0v) is 12.7. The van der Waals surface area contributed by atoms with Gasteiger partial charge in [-0.3, -0.25) is 0 Å². The predicted molar refractivity (Wildman–Crippen MR) is 81.1 cm³/mol. The summed E-state index contributed by atoms with van der Waals surface area (Å²) < 4.78 is 0. The molecule has 20 heavy (non-hydrogen) atoms. The summed E-state index contributed by atoms with van der Waals surface area (Å²) in [7, 11) is 0. The fourth-order valence-corrected chi connectivity index (χ4v) is 6.29. The highest BCUT2D eigenvalue weighted by Crippen LogP contribution is 2.60. The first-order valence-corrected chi connectivity index (χ1v) is 8.72. The first-order valence-electron chi connectivity index (χ1n) is 8.72. The van der Waals surface area contributed by atoms with E-state index in [4.69, 9.17) is 5.73 Å². The Morgan fingerprint density at radius 1 is 1.15 bits per heavy atom. The Balaban J connectivity index is 1.62. The summed E-state index contributed by atoms with van der Waals surface area (Å²) in [6, 6.07) is 0.437. The molecule has 4 aliphatic carbocycles. The van der Waals surface area contributed by atoms with E-state index < -0.39 is 0 Å². The Kier molecular flexibility index (Phi) is 3.05. The van der Waals surface area contributed by atoms with Crippen molar-refractivity contribution in [2.24, 2.45) is 34.8 Å². The number of rotatable bonds is 0. The lowest BCUT2D eigenvalue weighted by molar-refractivity contribution is -0.00471. The minimum atomic E-state index is -0.0668. The third-order valence-corrected chi connectivity index (χ3v) is 7.49. The fraction of sp³-hybridized carbons (Fsp3) is 0.889. The van der Waals surface area contributed by atoms with Crippen molar-refractivity contribution >= 4 is 0 Å². The number of hydrogen-bond acceptors (Lipinski definition) is 2. The van der Waals surface area contributed by atoms with Crippen LogP contribution < -0.4 is 5.73 Å². The molecule has 2 heteroatoms. The summed E-state index contributed by atoms with van der Waals surface area (Å²) in [6.07, 6.45) is 12.2. The minimum Gasteiger partial charge on any atom is -0.393 e. The van der Waals surface area contributed by atoms with Crippen molar-refractivity contribution < 1.29 is 5.11 Å². The standard InChI is InChI=1S/C18H29NO/c1-18-9-8-14-13-5-3-12(20)10-11(13)2-4-15(14)16(18)6-7-17(18)19/h2,12-17,20H,3-10,19H2,1H3/t12?,13-,14+,15+,16-,17?,18-/m0/s1. The molecule has 0 spiro atoms. The topological polar surface area (TPSA) is 46.2 Å². The molecule has 7 atom stereocenters. The van der Waals surface area contributed by atoms with Gasteiger partial charge >= 0.3 is 0 Å². The fourth-order valence-electron chi connectivity index (χ4n) is 6.29. The maximum atomic E-state index is 9.91. The molecule has 0 aromatic heterocycles. The molecule has 3 N–H and O–H groups in total. The van der Waals surface area contributed by atoms with Gasteiger partial charge in [-0.15, -0.1) is 0 Å². The summed E-state index contributed by atoms with van der Waals surface area (Å²) in [5.41, 5.74) is 8.46. The lowest BCUT2D eigenvalue weighted by atomic mass is 9.52. The van der Waals surface area contributed by atoms with E-state index in [0.717, 1.165) is 36.5 Å². The summed E-state index contributed by atoms with van der Waals surface area (Å²) in [5.74, 6) is 3.43. The summed E-state index contributed by atoms with van der Waals surface area (Å²) >= 11 is 0. The molecule has 2 nitrogen and oxygen atoms in total. The van der Waals surface area contributed by atoms with E-state index in [9.17, 15) is 5.11 Å². The van der Waals surface area contributed by atoms with Crippen LogP contribution in [-0.4, -0.2) is 17.3 Å². The molecule has 0 aromatic carbocycles. The number of allylic oxidation sites excluding steroid dienone is 1. The normalized spacial score (nSPS) is 54.6. The van der Waals surface area contributed by atoms with Crippen molar-refractivity contribution in [3.05, 3.63) is 11.6 Å². The van der Waals surface area contributed by atoms with E-state index in [1.807, 2.05) is 0 Å². The highest BCUT2D eigenvalue weighted by Gasteiger charge is 2.54. The number of nitrogens with two attached hydrogens (primary N) is 1. The van der Waals surface area contributed by atoms with Crippen molar-refractivity contribution in [3.8, 4) is 0 Å². The van der Waals surface area contributed by atoms with Crippen LogP contribution >= 0.6 is 0 Å². The number of aliphatic hydroxyl groups excluding tert-OH is 1. The highest BCUT2D eigenvalue weighted by molar-refractivity contribution is 5.20. The molecule has 0 saturated heterocycles. The van der Waals surface area contributed by atoms with E-state index in [0.29, 0.717) is 11.5 Å². The maximum absolute atomic E-state index is 9.91. The molecule has 2 unspecified atom stereocenters. The molecule has 0 bridgehead atoms. The van der Waals surface area contributed by atoms with Gasteiger partial charge in [0.25, 0.3) is 0 Å². The minimum absolute atomic E-state index is 0.0668. The maximum Gasteiger partial charge on any atom is 0.0577 e. The van der Waals surface area contributed by atoms with Crippen molar-refractivity contribution in [3.63, 3.8) is 0 Å². The molecule has 0 aromatic rings. The van der Waals surface area contributed by atoms with E-state index in [1.54, 1.807) is 5.57 Å². The number of fused-ring (bicyclic) bond motifs is 5. The van der Waals surface area contributed by atoms with Crippen LogP contribution in [0.15, 0.2) is 11.6 Å². The van der Waals surface area contributed by atoms with E-state index in [2.05, 4.69) is 13.0 Å².